The lowest BCUT2D eigenvalue weighted by atomic mass is 10.1. The zero-order valence-corrected chi connectivity index (χ0v) is 13.4. The lowest BCUT2D eigenvalue weighted by Gasteiger charge is -2.14. The van der Waals surface area contributed by atoms with Gasteiger partial charge in [0.2, 0.25) is 5.43 Å². The van der Waals surface area contributed by atoms with Gasteiger partial charge in [0.15, 0.2) is 0 Å². The van der Waals surface area contributed by atoms with E-state index in [2.05, 4.69) is 10.4 Å². The Labute approximate surface area is 132 Å². The Bertz CT molecular complexity index is 806. The second kappa shape index (κ2) is 6.64. The zero-order valence-electron chi connectivity index (χ0n) is 13.4. The highest BCUT2D eigenvalue weighted by Crippen LogP contribution is 2.10. The van der Waals surface area contributed by atoms with Crippen LogP contribution in [0.15, 0.2) is 17.2 Å². The van der Waals surface area contributed by atoms with Crippen LogP contribution in [0.5, 0.6) is 0 Å². The minimum absolute atomic E-state index is 0.0873. The number of hydrogen-bond acceptors (Lipinski definition) is 4. The summed E-state index contributed by atoms with van der Waals surface area (Å²) >= 11 is 0. The predicted molar refractivity (Wildman–Crippen MR) is 84.4 cm³/mol. The first-order valence-electron chi connectivity index (χ1n) is 7.41. The SMILES string of the molecule is CCCCC(NC(=O)c1cn(C)c2c(cnn2C)c1=O)C(=O)O. The number of amides is 1. The molecule has 1 atom stereocenters. The number of hydrogen-bond donors (Lipinski definition) is 2. The summed E-state index contributed by atoms with van der Waals surface area (Å²) in [5.74, 6) is -1.79. The molecule has 0 aromatic carbocycles. The maximum absolute atomic E-state index is 12.4. The van der Waals surface area contributed by atoms with Gasteiger partial charge in [0.25, 0.3) is 5.91 Å². The molecule has 8 heteroatoms. The lowest BCUT2D eigenvalue weighted by Crippen LogP contribution is -2.42. The summed E-state index contributed by atoms with van der Waals surface area (Å²) in [4.78, 5) is 36.0. The fourth-order valence-electron chi connectivity index (χ4n) is 2.53. The predicted octanol–water partition coefficient (Wildman–Crippen LogP) is 0.645. The van der Waals surface area contributed by atoms with E-state index in [1.165, 1.54) is 12.4 Å². The van der Waals surface area contributed by atoms with Crippen LogP contribution in [0, 0.1) is 0 Å². The van der Waals surface area contributed by atoms with Gasteiger partial charge in [-0.05, 0) is 6.42 Å². The number of pyridine rings is 1. The van der Waals surface area contributed by atoms with E-state index in [1.54, 1.807) is 23.3 Å². The Morgan fingerprint density at radius 1 is 1.39 bits per heavy atom. The first-order valence-corrected chi connectivity index (χ1v) is 7.41. The van der Waals surface area contributed by atoms with E-state index >= 15 is 0 Å². The zero-order chi connectivity index (χ0) is 17.1. The molecule has 0 spiro atoms. The van der Waals surface area contributed by atoms with Gasteiger partial charge in [-0.15, -0.1) is 0 Å². The Morgan fingerprint density at radius 2 is 2.09 bits per heavy atom. The molecule has 0 aliphatic rings. The van der Waals surface area contributed by atoms with Gasteiger partial charge in [0.1, 0.15) is 17.3 Å². The molecule has 0 fully saturated rings. The number of aliphatic carboxylic acids is 1. The van der Waals surface area contributed by atoms with E-state index in [4.69, 9.17) is 0 Å². The number of nitrogens with zero attached hydrogens (tertiary/aromatic N) is 3. The van der Waals surface area contributed by atoms with Crippen LogP contribution in [0.3, 0.4) is 0 Å². The molecule has 1 amide bonds. The molecule has 1 unspecified atom stereocenters. The van der Waals surface area contributed by atoms with E-state index in [1.807, 2.05) is 6.92 Å². The third kappa shape index (κ3) is 3.25. The normalized spacial score (nSPS) is 12.3. The van der Waals surface area contributed by atoms with Crippen molar-refractivity contribution < 1.29 is 14.7 Å². The largest absolute Gasteiger partial charge is 0.480 e. The van der Waals surface area contributed by atoms with Crippen molar-refractivity contribution in [2.75, 3.05) is 0 Å². The molecule has 0 saturated carbocycles. The van der Waals surface area contributed by atoms with Crippen LogP contribution in [0.4, 0.5) is 0 Å². The number of carbonyl (C=O) groups is 2. The second-order valence-electron chi connectivity index (χ2n) is 5.49. The highest BCUT2D eigenvalue weighted by Gasteiger charge is 2.23. The average molecular weight is 320 g/mol. The third-order valence-corrected chi connectivity index (χ3v) is 3.75. The molecule has 2 rings (SSSR count). The van der Waals surface area contributed by atoms with Crippen molar-refractivity contribution in [2.45, 2.75) is 32.2 Å². The summed E-state index contributed by atoms with van der Waals surface area (Å²) in [7, 11) is 3.40. The number of aromatic nitrogens is 3. The van der Waals surface area contributed by atoms with Gasteiger partial charge in [-0.3, -0.25) is 14.3 Å². The smallest absolute Gasteiger partial charge is 0.326 e. The van der Waals surface area contributed by atoms with Crippen LogP contribution in [-0.2, 0) is 18.9 Å². The van der Waals surface area contributed by atoms with Gasteiger partial charge >= 0.3 is 5.97 Å². The fourth-order valence-corrected chi connectivity index (χ4v) is 2.53. The fraction of sp³-hybridized carbons (Fsp3) is 0.467. The van der Waals surface area contributed by atoms with Crippen LogP contribution in [0.1, 0.15) is 36.5 Å². The van der Waals surface area contributed by atoms with E-state index in [9.17, 15) is 19.5 Å². The quantitative estimate of drug-likeness (QED) is 0.812. The van der Waals surface area contributed by atoms with E-state index in [0.717, 1.165) is 6.42 Å². The molecule has 0 saturated heterocycles. The monoisotopic (exact) mass is 320 g/mol. The molecule has 2 aromatic heterocycles. The van der Waals surface area contributed by atoms with Gasteiger partial charge in [-0.2, -0.15) is 5.10 Å². The summed E-state index contributed by atoms with van der Waals surface area (Å²) in [6.45, 7) is 1.94. The van der Waals surface area contributed by atoms with Crippen molar-refractivity contribution in [3.05, 3.63) is 28.2 Å². The Kier molecular flexibility index (Phi) is 4.83. The third-order valence-electron chi connectivity index (χ3n) is 3.75. The van der Waals surface area contributed by atoms with Gasteiger partial charge in [0.05, 0.1) is 11.6 Å². The number of rotatable bonds is 6. The lowest BCUT2D eigenvalue weighted by molar-refractivity contribution is -0.139. The van der Waals surface area contributed by atoms with Crippen LogP contribution in [-0.4, -0.2) is 37.4 Å². The highest BCUT2D eigenvalue weighted by atomic mass is 16.4. The van der Waals surface area contributed by atoms with Crippen LogP contribution in [0.2, 0.25) is 0 Å². The minimum Gasteiger partial charge on any atom is -0.480 e. The number of fused-ring (bicyclic) bond motifs is 1. The first-order chi connectivity index (χ1) is 10.9. The van der Waals surface area contributed by atoms with Crippen LogP contribution < -0.4 is 10.7 Å². The maximum atomic E-state index is 12.4. The molecule has 0 aliphatic carbocycles. The molecule has 8 nitrogen and oxygen atoms in total. The summed E-state index contributed by atoms with van der Waals surface area (Å²) in [6, 6.07) is -1.00. The number of carbonyl (C=O) groups excluding carboxylic acids is 1. The van der Waals surface area contributed by atoms with Gasteiger partial charge in [-0.1, -0.05) is 19.8 Å². The number of unbranched alkanes of at least 4 members (excludes halogenated alkanes) is 1. The number of aryl methyl sites for hydroxylation is 2. The second-order valence-corrected chi connectivity index (χ2v) is 5.49. The average Bonchev–Trinajstić information content (AvgIpc) is 2.89. The maximum Gasteiger partial charge on any atom is 0.326 e. The molecule has 124 valence electrons. The van der Waals surface area contributed by atoms with Gasteiger partial charge < -0.3 is 15.0 Å². The van der Waals surface area contributed by atoms with Crippen molar-refractivity contribution in [2.24, 2.45) is 14.1 Å². The molecule has 2 heterocycles. The van der Waals surface area contributed by atoms with E-state index < -0.39 is 23.3 Å². The van der Waals surface area contributed by atoms with Crippen molar-refractivity contribution in [1.82, 2.24) is 19.7 Å². The molecular formula is C15H20N4O4. The number of nitrogens with one attached hydrogen (secondary N) is 1. The summed E-state index contributed by atoms with van der Waals surface area (Å²) < 4.78 is 3.17. The summed E-state index contributed by atoms with van der Waals surface area (Å²) in [6.07, 6.45) is 4.63. The number of carboxylic acid groups (broad SMARTS) is 1. The van der Waals surface area contributed by atoms with Crippen LogP contribution in [0.25, 0.3) is 11.0 Å². The van der Waals surface area contributed by atoms with Crippen molar-refractivity contribution >= 4 is 22.9 Å². The standard InChI is InChI=1S/C15H20N4O4/c1-4-5-6-11(15(22)23)17-13(21)10-8-18(2)14-9(12(10)20)7-16-19(14)3/h7-8,11H,4-6H2,1-3H3,(H,17,21)(H,22,23). The molecule has 0 aliphatic heterocycles. The van der Waals surface area contributed by atoms with Crippen molar-refractivity contribution in [1.29, 1.82) is 0 Å². The summed E-state index contributed by atoms with van der Waals surface area (Å²) in [5, 5.41) is 16.0. The van der Waals surface area contributed by atoms with Crippen molar-refractivity contribution in [3.8, 4) is 0 Å². The molecule has 23 heavy (non-hydrogen) atoms. The Balaban J connectivity index is 2.36. The van der Waals surface area contributed by atoms with Gasteiger partial charge in [0, 0.05) is 20.3 Å². The van der Waals surface area contributed by atoms with Gasteiger partial charge in [-0.25, -0.2) is 4.79 Å². The highest BCUT2D eigenvalue weighted by molar-refractivity contribution is 5.98. The van der Waals surface area contributed by atoms with E-state index in [0.29, 0.717) is 23.9 Å². The van der Waals surface area contributed by atoms with Crippen LogP contribution >= 0.6 is 0 Å². The molecule has 2 N–H and O–H groups in total. The Hall–Kier alpha value is -2.64. The van der Waals surface area contributed by atoms with E-state index in [-0.39, 0.29) is 5.56 Å². The summed E-state index contributed by atoms with van der Waals surface area (Å²) in [5.41, 5.74) is 0.0476. The topological polar surface area (TPSA) is 106 Å². The minimum atomic E-state index is -1.11. The molecule has 0 radical (unpaired) electrons. The molecule has 0 bridgehead atoms. The van der Waals surface area contributed by atoms with Crippen molar-refractivity contribution in [3.63, 3.8) is 0 Å². The Morgan fingerprint density at radius 3 is 2.70 bits per heavy atom. The number of carboxylic acids is 1. The molecular weight excluding hydrogens is 300 g/mol. The molecule has 2 aromatic rings. The first kappa shape index (κ1) is 16.7.